The Labute approximate surface area is 274 Å². The van der Waals surface area contributed by atoms with E-state index in [1.807, 2.05) is 0 Å². The Morgan fingerprint density at radius 2 is 0.628 bits per heavy atom. The van der Waals surface area contributed by atoms with Gasteiger partial charge in [0.1, 0.15) is 33.9 Å². The van der Waals surface area contributed by atoms with Crippen molar-refractivity contribution >= 4 is 48.3 Å². The fourth-order valence-electron chi connectivity index (χ4n) is 2.54. The number of hydrogen-bond acceptors (Lipinski definition) is 12. The predicted octanol–water partition coefficient (Wildman–Crippen LogP) is 1.01. The zero-order valence-corrected chi connectivity index (χ0v) is 26.3. The van der Waals surface area contributed by atoms with Crippen LogP contribution in [0.4, 0.5) is 0 Å². The van der Waals surface area contributed by atoms with Crippen LogP contribution in [0.2, 0.25) is 0 Å². The van der Waals surface area contributed by atoms with Crippen LogP contribution in [0.1, 0.15) is 31.1 Å². The van der Waals surface area contributed by atoms with E-state index in [-0.39, 0.29) is 40.8 Å². The molecule has 0 saturated carbocycles. The zero-order chi connectivity index (χ0) is 32.8. The molecule has 3 aromatic carbocycles. The monoisotopic (exact) mass is 796 g/mol. The van der Waals surface area contributed by atoms with Crippen LogP contribution in [0.5, 0.6) is 17.2 Å². The number of aromatic carboxylic acids is 3. The van der Waals surface area contributed by atoms with E-state index in [4.69, 9.17) is 44.3 Å². The summed E-state index contributed by atoms with van der Waals surface area (Å²) in [5.41, 5.74) is -1.75. The number of carbonyl (C=O) groups is 3. The molecule has 22 heteroatoms. The zero-order valence-electron chi connectivity index (χ0n) is 20.6. The molecule has 0 aliphatic rings. The summed E-state index contributed by atoms with van der Waals surface area (Å²) >= 11 is 0. The molecule has 0 spiro atoms. The van der Waals surface area contributed by atoms with Gasteiger partial charge in [0.2, 0.25) is 0 Å². The standard InChI is InChI=1S/3C7H6O6S.Nd/c3*8-6-2-1-4(14(11,12)13)3-5(6)7(9)10;/h3*1-3,8H,(H,9,10)(H,11,12,13);. The average Bonchev–Trinajstić information content (AvgIpc) is 2.83. The summed E-state index contributed by atoms with van der Waals surface area (Å²) in [6, 6.07) is 7.37. The summed E-state index contributed by atoms with van der Waals surface area (Å²) in [5, 5.41) is 52.6. The number of rotatable bonds is 6. The summed E-state index contributed by atoms with van der Waals surface area (Å²) in [7, 11) is -13.4. The molecule has 0 fully saturated rings. The van der Waals surface area contributed by atoms with Crippen molar-refractivity contribution in [3.8, 4) is 17.2 Å². The van der Waals surface area contributed by atoms with Crippen LogP contribution in [0, 0.1) is 40.8 Å². The smallest absolute Gasteiger partial charge is 0.339 e. The van der Waals surface area contributed by atoms with Crippen LogP contribution in [-0.2, 0) is 30.4 Å². The van der Waals surface area contributed by atoms with E-state index in [1.54, 1.807) is 0 Å². The maximum Gasteiger partial charge on any atom is 0.339 e. The third-order valence-electron chi connectivity index (χ3n) is 4.49. The minimum Gasteiger partial charge on any atom is -0.507 e. The van der Waals surface area contributed by atoms with E-state index < -0.39 is 96.9 Å². The quantitative estimate of drug-likeness (QED) is 0.157. The van der Waals surface area contributed by atoms with Crippen molar-refractivity contribution in [2.45, 2.75) is 14.7 Å². The van der Waals surface area contributed by atoms with Crippen molar-refractivity contribution in [3.63, 3.8) is 0 Å². The van der Waals surface area contributed by atoms with Gasteiger partial charge in [-0.3, -0.25) is 13.7 Å². The van der Waals surface area contributed by atoms with Crippen molar-refractivity contribution in [1.29, 1.82) is 0 Å². The first kappa shape index (κ1) is 39.6. The summed E-state index contributed by atoms with van der Waals surface area (Å²) in [5.74, 6) is -6.13. The van der Waals surface area contributed by atoms with Crippen LogP contribution >= 0.6 is 0 Å². The summed E-state index contributed by atoms with van der Waals surface area (Å²) in [4.78, 5) is 29.7. The van der Waals surface area contributed by atoms with Crippen LogP contribution in [0.15, 0.2) is 69.3 Å². The van der Waals surface area contributed by atoms with Crippen LogP contribution in [0.3, 0.4) is 0 Å². The van der Waals surface area contributed by atoms with Crippen molar-refractivity contribution in [1.82, 2.24) is 0 Å². The molecule has 0 aliphatic heterocycles. The molecule has 0 heterocycles. The van der Waals surface area contributed by atoms with Crippen molar-refractivity contribution in [2.24, 2.45) is 0 Å². The maximum atomic E-state index is 10.6. The SMILES string of the molecule is O=C(O)c1cc(S(=O)(=O)O)ccc1O.O=C(O)c1cc(S(=O)(=O)O)ccc1O.O=C(O)c1cc(S(=O)(=O)O)ccc1O.[Nd]. The van der Waals surface area contributed by atoms with Gasteiger partial charge in [-0.2, -0.15) is 25.3 Å². The molecule has 18 nitrogen and oxygen atoms in total. The van der Waals surface area contributed by atoms with E-state index in [2.05, 4.69) is 0 Å². The average molecular weight is 799 g/mol. The first-order valence-electron chi connectivity index (χ1n) is 10.1. The molecule has 0 atom stereocenters. The maximum absolute atomic E-state index is 10.6. The predicted molar refractivity (Wildman–Crippen MR) is 135 cm³/mol. The molecule has 0 aromatic heterocycles. The second kappa shape index (κ2) is 15.3. The Kier molecular flexibility index (Phi) is 14.1. The van der Waals surface area contributed by atoms with Gasteiger partial charge in [0.25, 0.3) is 30.4 Å². The molecule has 0 saturated heterocycles. The Morgan fingerprint density at radius 3 is 0.767 bits per heavy atom. The molecule has 0 amide bonds. The van der Waals surface area contributed by atoms with E-state index in [0.717, 1.165) is 36.4 Å². The summed E-state index contributed by atoms with van der Waals surface area (Å²) in [6.45, 7) is 0. The normalized spacial score (nSPS) is 11.0. The Morgan fingerprint density at radius 1 is 0.442 bits per heavy atom. The van der Waals surface area contributed by atoms with Gasteiger partial charge >= 0.3 is 17.9 Å². The first-order valence-corrected chi connectivity index (χ1v) is 14.4. The third-order valence-corrected chi connectivity index (χ3v) is 7.04. The van der Waals surface area contributed by atoms with Gasteiger partial charge in [-0.25, -0.2) is 14.4 Å². The van der Waals surface area contributed by atoms with E-state index in [9.17, 15) is 39.6 Å². The van der Waals surface area contributed by atoms with Crippen molar-refractivity contribution in [2.75, 3.05) is 0 Å². The van der Waals surface area contributed by atoms with Gasteiger partial charge in [-0.1, -0.05) is 0 Å². The van der Waals surface area contributed by atoms with Gasteiger partial charge in [0.05, 0.1) is 14.7 Å². The fraction of sp³-hybridized carbons (Fsp3) is 0. The van der Waals surface area contributed by atoms with Crippen LogP contribution in [0.25, 0.3) is 0 Å². The van der Waals surface area contributed by atoms with Crippen molar-refractivity contribution in [3.05, 3.63) is 71.3 Å². The summed E-state index contributed by atoms with van der Waals surface area (Å²) < 4.78 is 89.4. The van der Waals surface area contributed by atoms with Crippen LogP contribution < -0.4 is 0 Å². The topological polar surface area (TPSA) is 336 Å². The molecule has 0 radical (unpaired) electrons. The number of phenols is 3. The van der Waals surface area contributed by atoms with Gasteiger partial charge in [0.15, 0.2) is 0 Å². The molecule has 43 heavy (non-hydrogen) atoms. The molecule has 232 valence electrons. The Balaban J connectivity index is 0.000000608. The molecular formula is C21H18NdO18S3. The van der Waals surface area contributed by atoms with Gasteiger partial charge in [-0.05, 0) is 54.6 Å². The van der Waals surface area contributed by atoms with Gasteiger partial charge in [0, 0.05) is 40.8 Å². The molecular weight excluding hydrogens is 781 g/mol. The molecule has 9 N–H and O–H groups in total. The largest absolute Gasteiger partial charge is 0.507 e. The molecule has 3 rings (SSSR count). The minimum absolute atomic E-state index is 0. The van der Waals surface area contributed by atoms with E-state index >= 15 is 0 Å². The third kappa shape index (κ3) is 12.0. The second-order valence-corrected chi connectivity index (χ2v) is 11.6. The van der Waals surface area contributed by atoms with Crippen LogP contribution in [-0.4, -0.2) is 87.5 Å². The fourth-order valence-corrected chi connectivity index (χ4v) is 4.06. The minimum atomic E-state index is -4.45. The molecule has 0 bridgehead atoms. The Hall–Kier alpha value is -3.45. The molecule has 3 aromatic rings. The van der Waals surface area contributed by atoms with E-state index in [1.165, 1.54) is 0 Å². The number of aromatic hydroxyl groups is 3. The number of carboxylic acids is 3. The van der Waals surface area contributed by atoms with E-state index in [0.29, 0.717) is 18.2 Å². The second-order valence-electron chi connectivity index (χ2n) is 7.38. The summed E-state index contributed by atoms with van der Waals surface area (Å²) in [6.07, 6.45) is 0. The number of carboxylic acid groups (broad SMARTS) is 3. The Bertz CT molecular complexity index is 1650. The van der Waals surface area contributed by atoms with Crippen molar-refractivity contribution < 1.29 is 125 Å². The molecule has 0 unspecified atom stereocenters. The number of benzene rings is 3. The number of hydrogen-bond donors (Lipinski definition) is 9. The first-order chi connectivity index (χ1) is 19.0. The van der Waals surface area contributed by atoms with Gasteiger partial charge < -0.3 is 30.6 Å². The van der Waals surface area contributed by atoms with Gasteiger partial charge in [-0.15, -0.1) is 0 Å². The molecule has 0 aliphatic carbocycles.